The zero-order valence-corrected chi connectivity index (χ0v) is 54.5. The van der Waals surface area contributed by atoms with Gasteiger partial charge in [0.05, 0.1) is 27.7 Å². The maximum Gasteiger partial charge on any atom is 0.259 e. The van der Waals surface area contributed by atoms with Crippen LogP contribution in [0.2, 0.25) is 0 Å². The fraction of sp³-hybridized carbons (Fsp3) is 0.0105. The van der Waals surface area contributed by atoms with E-state index in [2.05, 4.69) is 155 Å². The van der Waals surface area contributed by atoms with Crippen molar-refractivity contribution >= 4 is 23.2 Å². The molecule has 474 valence electrons. The number of aromatic hydroxyl groups is 2. The molecule has 101 heavy (non-hydrogen) atoms. The average Bonchev–Trinajstić information content (AvgIpc) is 1.41. The van der Waals surface area contributed by atoms with Crippen molar-refractivity contribution in [1.82, 2.24) is 0 Å². The van der Waals surface area contributed by atoms with E-state index in [9.17, 15) is 19.8 Å². The van der Waals surface area contributed by atoms with Gasteiger partial charge in [0.1, 0.15) is 11.5 Å². The Morgan fingerprint density at radius 3 is 0.921 bits per heavy atom. The summed E-state index contributed by atoms with van der Waals surface area (Å²) in [6.07, 6.45) is 0. The van der Waals surface area contributed by atoms with E-state index in [1.807, 2.05) is 231 Å². The van der Waals surface area contributed by atoms with Crippen molar-refractivity contribution in [3.63, 3.8) is 0 Å². The molecule has 6 heteroatoms. The smallest absolute Gasteiger partial charge is 0.259 e. The van der Waals surface area contributed by atoms with Gasteiger partial charge in [-0.15, -0.1) is 0 Å². The molecule has 14 aromatic rings. The van der Waals surface area contributed by atoms with Crippen LogP contribution in [0.1, 0.15) is 87.5 Å². The molecule has 0 heterocycles. The lowest BCUT2D eigenvalue weighted by atomic mass is 9.67. The maximum atomic E-state index is 14.4. The van der Waals surface area contributed by atoms with E-state index in [0.717, 1.165) is 89.0 Å². The highest BCUT2D eigenvalue weighted by atomic mass is 16.3. The quantitative estimate of drug-likeness (QED) is 0.103. The predicted molar refractivity (Wildman–Crippen MR) is 407 cm³/mol. The van der Waals surface area contributed by atoms with Crippen LogP contribution in [0, 0.1) is 47.4 Å². The normalized spacial score (nSPS) is 11.3. The molecule has 0 radical (unpaired) electrons. The van der Waals surface area contributed by atoms with E-state index >= 15 is 0 Å². The van der Waals surface area contributed by atoms with Gasteiger partial charge in [0.15, 0.2) is 0 Å². The second-order valence-corrected chi connectivity index (χ2v) is 24.4. The number of phenolic OH excluding ortho intramolecular Hbond substituents is 2. The third kappa shape index (κ3) is 13.0. The number of hydrogen-bond acceptors (Lipinski definition) is 4. The van der Waals surface area contributed by atoms with Gasteiger partial charge in [-0.1, -0.05) is 302 Å². The van der Waals surface area contributed by atoms with Crippen molar-refractivity contribution in [3.8, 4) is 114 Å². The molecule has 1 aliphatic rings. The van der Waals surface area contributed by atoms with Crippen molar-refractivity contribution < 1.29 is 19.8 Å². The topological polar surface area (TPSA) is 98.7 Å². The molecule has 6 nitrogen and oxygen atoms in total. The zero-order chi connectivity index (χ0) is 68.5. The van der Waals surface area contributed by atoms with Gasteiger partial charge < -0.3 is 20.8 Å². The number of amides is 2. The predicted octanol–water partition coefficient (Wildman–Crippen LogP) is 20.2. The molecular weight excluding hydrogens is 1230 g/mol. The van der Waals surface area contributed by atoms with Crippen LogP contribution in [0.15, 0.2) is 340 Å². The van der Waals surface area contributed by atoms with Gasteiger partial charge in [-0.05, 0) is 152 Å². The summed E-state index contributed by atoms with van der Waals surface area (Å²) in [7, 11) is 0. The summed E-state index contributed by atoms with van der Waals surface area (Å²) < 4.78 is 0. The van der Waals surface area contributed by atoms with E-state index < -0.39 is 17.2 Å². The highest BCUT2D eigenvalue weighted by Gasteiger charge is 2.46. The maximum absolute atomic E-state index is 14.4. The second kappa shape index (κ2) is 28.3. The largest absolute Gasteiger partial charge is 0.506 e. The standard InChI is InChI=1S/C95H60N2O4/c98-91-85(55-41-67-27-11-3-12-28-67)81(69-31-15-5-16-32-69)59-61-87(91)93(100)96-77-53-57-79(73(63-77)43-39-65-23-7-1-8-24-65)71-45-49-75(50-46-71)95(89-37-21-19-35-83(89)84-36-20-22-38-90(84)95)76-51-47-72(48-52-76)80-58-54-78(64-74(80)44-40-66-25-9-2-10-26-66)97-94(101)88-62-60-82(70-33-17-6-18-34-70)86(92(88)99)56-42-68-29-13-4-14-30-68/h1-38,45-54,57-64,98-99H,(H,96,100)(H,97,101). The first kappa shape index (κ1) is 62.9. The van der Waals surface area contributed by atoms with Crippen LogP contribution < -0.4 is 10.6 Å². The summed E-state index contributed by atoms with van der Waals surface area (Å²) in [5.74, 6) is 25.0. The molecule has 0 fully saturated rings. The fourth-order valence-electron chi connectivity index (χ4n) is 13.3. The van der Waals surface area contributed by atoms with Crippen molar-refractivity contribution in [2.24, 2.45) is 0 Å². The van der Waals surface area contributed by atoms with Crippen LogP contribution in [0.5, 0.6) is 11.5 Å². The highest BCUT2D eigenvalue weighted by Crippen LogP contribution is 2.56. The molecule has 1 aliphatic carbocycles. The van der Waals surface area contributed by atoms with E-state index in [-0.39, 0.29) is 22.6 Å². The van der Waals surface area contributed by atoms with Crippen LogP contribution >= 0.6 is 0 Å². The molecule has 2 amide bonds. The molecule has 14 aromatic carbocycles. The lowest BCUT2D eigenvalue weighted by molar-refractivity contribution is 0.101. The minimum absolute atomic E-state index is 0.0812. The molecule has 0 spiro atoms. The van der Waals surface area contributed by atoms with Gasteiger partial charge >= 0.3 is 0 Å². The van der Waals surface area contributed by atoms with Crippen molar-refractivity contribution in [3.05, 3.63) is 418 Å². The number of benzene rings is 14. The number of rotatable bonds is 10. The lowest BCUT2D eigenvalue weighted by Gasteiger charge is -2.34. The van der Waals surface area contributed by atoms with Crippen molar-refractivity contribution in [1.29, 1.82) is 0 Å². The third-order valence-electron chi connectivity index (χ3n) is 18.2. The number of hydrogen-bond donors (Lipinski definition) is 4. The lowest BCUT2D eigenvalue weighted by Crippen LogP contribution is -2.28. The third-order valence-corrected chi connectivity index (χ3v) is 18.2. The van der Waals surface area contributed by atoms with E-state index in [0.29, 0.717) is 44.8 Å². The first-order valence-electron chi connectivity index (χ1n) is 33.2. The van der Waals surface area contributed by atoms with E-state index in [4.69, 9.17) is 0 Å². The molecule has 0 saturated carbocycles. The highest BCUT2D eigenvalue weighted by molar-refractivity contribution is 6.09. The number of anilines is 2. The number of fused-ring (bicyclic) bond motifs is 3. The summed E-state index contributed by atoms with van der Waals surface area (Å²) >= 11 is 0. The van der Waals surface area contributed by atoms with Crippen LogP contribution in [0.3, 0.4) is 0 Å². The zero-order valence-electron chi connectivity index (χ0n) is 54.5. The molecule has 0 bridgehead atoms. The minimum atomic E-state index is -0.756. The molecule has 4 N–H and O–H groups in total. The summed E-state index contributed by atoms with van der Waals surface area (Å²) in [4.78, 5) is 28.8. The van der Waals surface area contributed by atoms with Crippen LogP contribution in [0.25, 0.3) is 55.6 Å². The molecule has 0 atom stereocenters. The van der Waals surface area contributed by atoms with Gasteiger partial charge in [0.2, 0.25) is 0 Å². The van der Waals surface area contributed by atoms with Crippen molar-refractivity contribution in [2.75, 3.05) is 10.6 Å². The first-order chi connectivity index (χ1) is 49.7. The fourth-order valence-corrected chi connectivity index (χ4v) is 13.3. The second-order valence-electron chi connectivity index (χ2n) is 24.4. The number of carbonyl (C=O) groups is 2. The Balaban J connectivity index is 0.774. The van der Waals surface area contributed by atoms with Gasteiger partial charge in [-0.3, -0.25) is 9.59 Å². The summed E-state index contributed by atoms with van der Waals surface area (Å²) in [6, 6.07) is 111. The molecule has 15 rings (SSSR count). The van der Waals surface area contributed by atoms with Crippen LogP contribution in [0.4, 0.5) is 11.4 Å². The Kier molecular flexibility index (Phi) is 17.6. The average molecular weight is 1290 g/mol. The Bertz CT molecular complexity index is 5390. The van der Waals surface area contributed by atoms with E-state index in [1.165, 1.54) is 0 Å². The number of nitrogens with one attached hydrogen (secondary N) is 2. The minimum Gasteiger partial charge on any atom is -0.506 e. The molecular formula is C95H60N2O4. The Morgan fingerprint density at radius 2 is 0.564 bits per heavy atom. The number of phenols is 2. The van der Waals surface area contributed by atoms with Gasteiger partial charge in [0, 0.05) is 55.9 Å². The Morgan fingerprint density at radius 1 is 0.267 bits per heavy atom. The Labute approximate surface area is 587 Å². The van der Waals surface area contributed by atoms with Gasteiger partial charge in [0.25, 0.3) is 11.8 Å². The summed E-state index contributed by atoms with van der Waals surface area (Å²) in [6.45, 7) is 0. The number of carbonyl (C=O) groups excluding carboxylic acids is 2. The van der Waals surface area contributed by atoms with Gasteiger partial charge in [-0.25, -0.2) is 0 Å². The van der Waals surface area contributed by atoms with Crippen LogP contribution in [-0.4, -0.2) is 22.0 Å². The van der Waals surface area contributed by atoms with Gasteiger partial charge in [-0.2, -0.15) is 0 Å². The van der Waals surface area contributed by atoms with Crippen molar-refractivity contribution in [2.45, 2.75) is 5.41 Å². The Hall–Kier alpha value is -14.1. The molecule has 0 saturated heterocycles. The first-order valence-corrected chi connectivity index (χ1v) is 33.2. The SMILES string of the molecule is O=C(Nc1ccc(-c2ccc(C3(c4ccc(-c5ccc(NC(=O)c6ccc(-c7ccccc7)c(C#Cc7ccccc7)c6O)cc5C#Cc5ccccc5)cc4)c4ccccc4-c4ccccc43)cc2)c(C#Cc2ccccc2)c1)c1ccc(-c2ccccc2)c(C#Cc2ccccc2)c1O. The summed E-state index contributed by atoms with van der Waals surface area (Å²) in [5, 5.41) is 30.1. The van der Waals surface area contributed by atoms with Crippen LogP contribution in [-0.2, 0) is 5.41 Å². The summed E-state index contributed by atoms with van der Waals surface area (Å²) in [5.41, 5.74) is 19.1. The van der Waals surface area contributed by atoms with E-state index in [1.54, 1.807) is 12.1 Å². The molecule has 0 aromatic heterocycles. The molecule has 0 unspecified atom stereocenters. The molecule has 0 aliphatic heterocycles. The monoisotopic (exact) mass is 1290 g/mol.